The van der Waals surface area contributed by atoms with E-state index < -0.39 is 5.97 Å². The lowest BCUT2D eigenvalue weighted by atomic mass is 9.87. The first-order valence-corrected chi connectivity index (χ1v) is 5.96. The maximum absolute atomic E-state index is 12.8. The van der Waals surface area contributed by atoms with Crippen molar-refractivity contribution < 1.29 is 14.3 Å². The van der Waals surface area contributed by atoms with Gasteiger partial charge in [0.15, 0.2) is 0 Å². The first kappa shape index (κ1) is 13.0. The fourth-order valence-corrected chi connectivity index (χ4v) is 2.29. The van der Waals surface area contributed by atoms with Crippen LogP contribution in [0.5, 0.6) is 0 Å². The molecule has 0 spiro atoms. The molecule has 0 aliphatic carbocycles. The van der Waals surface area contributed by atoms with Gasteiger partial charge in [-0.15, -0.1) is 0 Å². The topological polar surface area (TPSA) is 61.4 Å². The Morgan fingerprint density at radius 3 is 2.56 bits per heavy atom. The van der Waals surface area contributed by atoms with E-state index in [0.717, 1.165) is 5.56 Å². The van der Waals surface area contributed by atoms with E-state index in [-0.39, 0.29) is 23.8 Å². The minimum absolute atomic E-state index is 0.00736. The van der Waals surface area contributed by atoms with Crippen molar-refractivity contribution in [2.75, 3.05) is 13.1 Å². The normalized spacial score (nSPS) is 19.0. The lowest BCUT2D eigenvalue weighted by molar-refractivity contribution is -0.139. The summed E-state index contributed by atoms with van der Waals surface area (Å²) in [5.74, 6) is -1.08. The molecule has 1 aromatic carbocycles. The maximum atomic E-state index is 12.8. The number of nitrogens with one attached hydrogen (secondary N) is 2. The Hall–Kier alpha value is -1.46. The third-order valence-electron chi connectivity index (χ3n) is 3.31. The molecular formula is C13H17FN2O2. The monoisotopic (exact) mass is 252 g/mol. The molecule has 1 aromatic rings. The Kier molecular flexibility index (Phi) is 3.63. The van der Waals surface area contributed by atoms with Gasteiger partial charge >= 0.3 is 5.97 Å². The summed E-state index contributed by atoms with van der Waals surface area (Å²) in [6.45, 7) is 3.24. The number of carboxylic acids is 1. The first-order chi connectivity index (χ1) is 8.51. The van der Waals surface area contributed by atoms with Crippen molar-refractivity contribution in [1.82, 2.24) is 10.6 Å². The lowest BCUT2D eigenvalue weighted by Gasteiger charge is -2.44. The number of hydrogen-bond donors (Lipinski definition) is 3. The molecule has 1 aliphatic rings. The third-order valence-corrected chi connectivity index (χ3v) is 3.31. The van der Waals surface area contributed by atoms with Crippen molar-refractivity contribution in [3.05, 3.63) is 35.6 Å². The third kappa shape index (κ3) is 2.86. The second-order valence-electron chi connectivity index (χ2n) is 4.87. The predicted molar refractivity (Wildman–Crippen MR) is 65.8 cm³/mol. The summed E-state index contributed by atoms with van der Waals surface area (Å²) < 4.78 is 12.8. The van der Waals surface area contributed by atoms with Gasteiger partial charge in [0.2, 0.25) is 0 Å². The Morgan fingerprint density at radius 1 is 1.50 bits per heavy atom. The number of carbonyl (C=O) groups is 1. The van der Waals surface area contributed by atoms with E-state index in [4.69, 9.17) is 5.11 Å². The zero-order valence-electron chi connectivity index (χ0n) is 10.2. The summed E-state index contributed by atoms with van der Waals surface area (Å²) in [4.78, 5) is 10.9. The largest absolute Gasteiger partial charge is 0.481 e. The molecular weight excluding hydrogens is 235 g/mol. The summed E-state index contributed by atoms with van der Waals surface area (Å²) in [7, 11) is 0. The van der Waals surface area contributed by atoms with Crippen LogP contribution in [0.15, 0.2) is 24.3 Å². The molecule has 3 N–H and O–H groups in total. The number of aliphatic carboxylic acids is 1. The maximum Gasteiger partial charge on any atom is 0.305 e. The summed E-state index contributed by atoms with van der Waals surface area (Å²) in [6.07, 6.45) is 0.0888. The van der Waals surface area contributed by atoms with E-state index in [9.17, 15) is 9.18 Å². The van der Waals surface area contributed by atoms with Crippen molar-refractivity contribution in [3.8, 4) is 0 Å². The molecule has 98 valence electrons. The molecule has 5 heteroatoms. The molecule has 0 saturated carbocycles. The molecule has 1 aliphatic heterocycles. The Labute approximate surface area is 105 Å². The van der Waals surface area contributed by atoms with Crippen LogP contribution in [0, 0.1) is 5.82 Å². The van der Waals surface area contributed by atoms with Gasteiger partial charge in [0.25, 0.3) is 0 Å². The van der Waals surface area contributed by atoms with Crippen LogP contribution in [-0.4, -0.2) is 29.7 Å². The van der Waals surface area contributed by atoms with E-state index in [1.807, 2.05) is 6.92 Å². The summed E-state index contributed by atoms with van der Waals surface area (Å²) in [5, 5.41) is 15.3. The molecule has 4 nitrogen and oxygen atoms in total. The summed E-state index contributed by atoms with van der Waals surface area (Å²) in [6, 6.07) is 6.25. The Balaban J connectivity index is 2.03. The van der Waals surface area contributed by atoms with Crippen LogP contribution in [-0.2, 0) is 4.79 Å². The average Bonchev–Trinajstić information content (AvgIpc) is 2.26. The molecule has 1 saturated heterocycles. The van der Waals surface area contributed by atoms with Crippen LogP contribution in [0.2, 0.25) is 0 Å². The van der Waals surface area contributed by atoms with Gasteiger partial charge in [0.1, 0.15) is 5.82 Å². The van der Waals surface area contributed by atoms with Crippen LogP contribution in [0.25, 0.3) is 0 Å². The van der Waals surface area contributed by atoms with Crippen LogP contribution < -0.4 is 10.6 Å². The summed E-state index contributed by atoms with van der Waals surface area (Å²) in [5.41, 5.74) is 0.563. The quantitative estimate of drug-likeness (QED) is 0.739. The van der Waals surface area contributed by atoms with Crippen molar-refractivity contribution in [3.63, 3.8) is 0 Å². The van der Waals surface area contributed by atoms with Gasteiger partial charge in [0, 0.05) is 19.1 Å². The Morgan fingerprint density at radius 2 is 2.11 bits per heavy atom. The molecule has 0 aromatic heterocycles. The number of carboxylic acid groups (broad SMARTS) is 1. The average molecular weight is 252 g/mol. The van der Waals surface area contributed by atoms with Crippen LogP contribution in [0.4, 0.5) is 4.39 Å². The van der Waals surface area contributed by atoms with Crippen molar-refractivity contribution in [1.29, 1.82) is 0 Å². The van der Waals surface area contributed by atoms with Crippen molar-refractivity contribution >= 4 is 5.97 Å². The zero-order chi connectivity index (χ0) is 13.2. The van der Waals surface area contributed by atoms with Crippen molar-refractivity contribution in [2.45, 2.75) is 24.9 Å². The van der Waals surface area contributed by atoms with E-state index in [1.165, 1.54) is 12.1 Å². The standard InChI is InChI=1S/C13H17FN2O2/c1-9(10-2-4-11(14)5-3-10)16-13(6-12(17)18)7-15-8-13/h2-5,9,15-16H,6-8H2,1H3,(H,17,18)/t9-/m1/s1. The molecule has 18 heavy (non-hydrogen) atoms. The van der Waals surface area contributed by atoms with Gasteiger partial charge in [-0.25, -0.2) is 4.39 Å². The Bertz CT molecular complexity index is 429. The minimum Gasteiger partial charge on any atom is -0.481 e. The van der Waals surface area contributed by atoms with E-state index >= 15 is 0 Å². The van der Waals surface area contributed by atoms with Crippen molar-refractivity contribution in [2.24, 2.45) is 0 Å². The van der Waals surface area contributed by atoms with Gasteiger partial charge in [-0.3, -0.25) is 4.79 Å². The van der Waals surface area contributed by atoms with Gasteiger partial charge < -0.3 is 15.7 Å². The molecule has 0 bridgehead atoms. The fraction of sp³-hybridized carbons (Fsp3) is 0.462. The summed E-state index contributed by atoms with van der Waals surface area (Å²) >= 11 is 0. The molecule has 2 rings (SSSR count). The number of hydrogen-bond acceptors (Lipinski definition) is 3. The number of benzene rings is 1. The highest BCUT2D eigenvalue weighted by Gasteiger charge is 2.39. The van der Waals surface area contributed by atoms with Gasteiger partial charge in [-0.05, 0) is 24.6 Å². The first-order valence-electron chi connectivity index (χ1n) is 5.96. The van der Waals surface area contributed by atoms with E-state index in [2.05, 4.69) is 10.6 Å². The molecule has 1 atom stereocenters. The second-order valence-corrected chi connectivity index (χ2v) is 4.87. The minimum atomic E-state index is -0.810. The molecule has 0 amide bonds. The van der Waals surface area contributed by atoms with Crippen LogP contribution >= 0.6 is 0 Å². The highest BCUT2D eigenvalue weighted by Crippen LogP contribution is 2.22. The smallest absolute Gasteiger partial charge is 0.305 e. The molecule has 1 fully saturated rings. The van der Waals surface area contributed by atoms with Gasteiger partial charge in [-0.2, -0.15) is 0 Å². The van der Waals surface area contributed by atoms with Crippen LogP contribution in [0.1, 0.15) is 24.9 Å². The lowest BCUT2D eigenvalue weighted by Crippen LogP contribution is -2.68. The second kappa shape index (κ2) is 5.04. The van der Waals surface area contributed by atoms with Gasteiger partial charge in [-0.1, -0.05) is 12.1 Å². The SMILES string of the molecule is C[C@@H](NC1(CC(=O)O)CNC1)c1ccc(F)cc1. The molecule has 1 heterocycles. The number of rotatable bonds is 5. The zero-order valence-corrected chi connectivity index (χ0v) is 10.2. The molecule has 0 radical (unpaired) electrons. The highest BCUT2D eigenvalue weighted by molar-refractivity contribution is 5.68. The fourth-order valence-electron chi connectivity index (χ4n) is 2.29. The highest BCUT2D eigenvalue weighted by atomic mass is 19.1. The molecule has 0 unspecified atom stereocenters. The predicted octanol–water partition coefficient (Wildman–Crippen LogP) is 1.29. The van der Waals surface area contributed by atoms with E-state index in [1.54, 1.807) is 12.1 Å². The van der Waals surface area contributed by atoms with Crippen LogP contribution in [0.3, 0.4) is 0 Å². The van der Waals surface area contributed by atoms with Gasteiger partial charge in [0.05, 0.1) is 12.0 Å². The number of halogens is 1. The van der Waals surface area contributed by atoms with E-state index in [0.29, 0.717) is 13.1 Å².